The van der Waals surface area contributed by atoms with Crippen LogP contribution < -0.4 is 5.73 Å². The van der Waals surface area contributed by atoms with Crippen LogP contribution in [-0.4, -0.2) is 11.0 Å². The van der Waals surface area contributed by atoms with Crippen molar-refractivity contribution in [3.8, 4) is 0 Å². The van der Waals surface area contributed by atoms with Gasteiger partial charge in [0.15, 0.2) is 0 Å². The predicted molar refractivity (Wildman–Crippen MR) is 68.7 cm³/mol. The minimum atomic E-state index is 0.197. The molecular weight excluding hydrogens is 220 g/mol. The van der Waals surface area contributed by atoms with Gasteiger partial charge >= 0.3 is 0 Å². The third kappa shape index (κ3) is 2.52. The van der Waals surface area contributed by atoms with Crippen LogP contribution in [0.5, 0.6) is 0 Å². The average Bonchev–Trinajstić information content (AvgIpc) is 2.26. The van der Waals surface area contributed by atoms with Gasteiger partial charge in [0.05, 0.1) is 5.52 Å². The van der Waals surface area contributed by atoms with Gasteiger partial charge in [0.1, 0.15) is 5.15 Å². The molecule has 0 saturated heterocycles. The normalized spacial score (nSPS) is 12.9. The van der Waals surface area contributed by atoms with E-state index in [4.69, 9.17) is 17.3 Å². The summed E-state index contributed by atoms with van der Waals surface area (Å²) in [4.78, 5) is 4.38. The SMILES string of the molecule is C[C@@H](N)CCc1cc2ccccc2nc1Cl. The first-order chi connectivity index (χ1) is 7.66. The van der Waals surface area contributed by atoms with Crippen molar-refractivity contribution < 1.29 is 0 Å². The first-order valence-electron chi connectivity index (χ1n) is 5.46. The number of fused-ring (bicyclic) bond motifs is 1. The Morgan fingerprint density at radius 1 is 1.38 bits per heavy atom. The molecule has 1 heterocycles. The minimum Gasteiger partial charge on any atom is -0.328 e. The van der Waals surface area contributed by atoms with Crippen molar-refractivity contribution in [1.29, 1.82) is 0 Å². The third-order valence-electron chi connectivity index (χ3n) is 2.62. The molecule has 0 aliphatic heterocycles. The highest BCUT2D eigenvalue weighted by Crippen LogP contribution is 2.21. The molecule has 1 aromatic carbocycles. The Hall–Kier alpha value is -1.12. The zero-order valence-corrected chi connectivity index (χ0v) is 10.0. The zero-order chi connectivity index (χ0) is 11.5. The van der Waals surface area contributed by atoms with E-state index in [1.165, 1.54) is 0 Å². The van der Waals surface area contributed by atoms with Crippen molar-refractivity contribution in [1.82, 2.24) is 4.98 Å². The maximum Gasteiger partial charge on any atom is 0.132 e. The summed E-state index contributed by atoms with van der Waals surface area (Å²) in [5.41, 5.74) is 7.76. The lowest BCUT2D eigenvalue weighted by molar-refractivity contribution is 0.665. The van der Waals surface area contributed by atoms with Crippen LogP contribution in [0.1, 0.15) is 18.9 Å². The molecule has 0 unspecified atom stereocenters. The number of benzene rings is 1. The fraction of sp³-hybridized carbons (Fsp3) is 0.308. The molecule has 0 bridgehead atoms. The van der Waals surface area contributed by atoms with Crippen molar-refractivity contribution in [2.24, 2.45) is 5.73 Å². The number of hydrogen-bond acceptors (Lipinski definition) is 2. The van der Waals surface area contributed by atoms with Gasteiger partial charge < -0.3 is 5.73 Å². The predicted octanol–water partition coefficient (Wildman–Crippen LogP) is 3.17. The summed E-state index contributed by atoms with van der Waals surface area (Å²) in [6, 6.07) is 10.3. The molecule has 2 aromatic rings. The van der Waals surface area contributed by atoms with Gasteiger partial charge in [-0.1, -0.05) is 29.8 Å². The van der Waals surface area contributed by atoms with Gasteiger partial charge in [0.2, 0.25) is 0 Å². The van der Waals surface area contributed by atoms with Crippen LogP contribution in [0.15, 0.2) is 30.3 Å². The van der Waals surface area contributed by atoms with E-state index in [0.717, 1.165) is 29.3 Å². The molecule has 0 aliphatic rings. The quantitative estimate of drug-likeness (QED) is 0.829. The number of aromatic nitrogens is 1. The summed E-state index contributed by atoms with van der Waals surface area (Å²) >= 11 is 6.13. The summed E-state index contributed by atoms with van der Waals surface area (Å²) in [5.74, 6) is 0. The van der Waals surface area contributed by atoms with E-state index in [0.29, 0.717) is 5.15 Å². The molecule has 0 amide bonds. The maximum absolute atomic E-state index is 6.13. The standard InChI is InChI=1S/C13H15ClN2/c1-9(15)6-7-11-8-10-4-2-3-5-12(10)16-13(11)14/h2-5,8-9H,6-7,15H2,1H3/t9-/m1/s1. The summed E-state index contributed by atoms with van der Waals surface area (Å²) in [5, 5.41) is 1.73. The van der Waals surface area contributed by atoms with Crippen LogP contribution in [-0.2, 0) is 6.42 Å². The van der Waals surface area contributed by atoms with Gasteiger partial charge in [-0.3, -0.25) is 0 Å². The molecule has 0 aliphatic carbocycles. The molecule has 1 aromatic heterocycles. The number of para-hydroxylation sites is 1. The number of nitrogens with zero attached hydrogens (tertiary/aromatic N) is 1. The van der Waals surface area contributed by atoms with Crippen LogP contribution in [0.25, 0.3) is 10.9 Å². The Kier molecular flexibility index (Phi) is 3.42. The second-order valence-corrected chi connectivity index (χ2v) is 4.50. The second kappa shape index (κ2) is 4.81. The molecule has 84 valence electrons. The van der Waals surface area contributed by atoms with E-state index in [1.807, 2.05) is 31.2 Å². The van der Waals surface area contributed by atoms with Gasteiger partial charge in [-0.05, 0) is 37.5 Å². The Morgan fingerprint density at radius 2 is 2.12 bits per heavy atom. The molecule has 2 N–H and O–H groups in total. The van der Waals surface area contributed by atoms with Gasteiger partial charge in [0.25, 0.3) is 0 Å². The van der Waals surface area contributed by atoms with E-state index in [2.05, 4.69) is 11.1 Å². The highest BCUT2D eigenvalue weighted by atomic mass is 35.5. The van der Waals surface area contributed by atoms with Crippen molar-refractivity contribution in [3.05, 3.63) is 41.0 Å². The fourth-order valence-electron chi connectivity index (χ4n) is 1.69. The van der Waals surface area contributed by atoms with Crippen molar-refractivity contribution in [2.45, 2.75) is 25.8 Å². The van der Waals surface area contributed by atoms with Crippen LogP contribution in [0.2, 0.25) is 5.15 Å². The topological polar surface area (TPSA) is 38.9 Å². The minimum absolute atomic E-state index is 0.197. The highest BCUT2D eigenvalue weighted by molar-refractivity contribution is 6.30. The maximum atomic E-state index is 6.13. The molecule has 0 spiro atoms. The first-order valence-corrected chi connectivity index (χ1v) is 5.84. The lowest BCUT2D eigenvalue weighted by atomic mass is 10.1. The molecule has 2 rings (SSSR count). The third-order valence-corrected chi connectivity index (χ3v) is 2.95. The molecular formula is C13H15ClN2. The lowest BCUT2D eigenvalue weighted by Gasteiger charge is -2.07. The monoisotopic (exact) mass is 234 g/mol. The molecule has 3 heteroatoms. The number of rotatable bonds is 3. The first kappa shape index (κ1) is 11.4. The van der Waals surface area contributed by atoms with Crippen molar-refractivity contribution in [3.63, 3.8) is 0 Å². The summed E-state index contributed by atoms with van der Waals surface area (Å²) < 4.78 is 0. The van der Waals surface area contributed by atoms with Crippen LogP contribution in [0.4, 0.5) is 0 Å². The van der Waals surface area contributed by atoms with Gasteiger partial charge in [-0.25, -0.2) is 4.98 Å². The second-order valence-electron chi connectivity index (χ2n) is 4.15. The molecule has 0 radical (unpaired) electrons. The van der Waals surface area contributed by atoms with Crippen molar-refractivity contribution in [2.75, 3.05) is 0 Å². The van der Waals surface area contributed by atoms with E-state index in [1.54, 1.807) is 0 Å². The summed E-state index contributed by atoms with van der Waals surface area (Å²) in [7, 11) is 0. The van der Waals surface area contributed by atoms with Gasteiger partial charge in [-0.15, -0.1) is 0 Å². The molecule has 1 atom stereocenters. The number of aryl methyl sites for hydroxylation is 1. The Balaban J connectivity index is 2.34. The van der Waals surface area contributed by atoms with Crippen molar-refractivity contribution >= 4 is 22.5 Å². The van der Waals surface area contributed by atoms with Gasteiger partial charge in [-0.2, -0.15) is 0 Å². The number of halogens is 1. The average molecular weight is 235 g/mol. The molecule has 0 fully saturated rings. The largest absolute Gasteiger partial charge is 0.328 e. The number of hydrogen-bond donors (Lipinski definition) is 1. The smallest absolute Gasteiger partial charge is 0.132 e. The van der Waals surface area contributed by atoms with Crippen LogP contribution in [0.3, 0.4) is 0 Å². The van der Waals surface area contributed by atoms with E-state index in [9.17, 15) is 0 Å². The van der Waals surface area contributed by atoms with E-state index >= 15 is 0 Å². The lowest BCUT2D eigenvalue weighted by Crippen LogP contribution is -2.15. The molecule has 2 nitrogen and oxygen atoms in total. The van der Waals surface area contributed by atoms with E-state index in [-0.39, 0.29) is 6.04 Å². The highest BCUT2D eigenvalue weighted by Gasteiger charge is 2.05. The van der Waals surface area contributed by atoms with E-state index < -0.39 is 0 Å². The zero-order valence-electron chi connectivity index (χ0n) is 9.28. The number of nitrogens with two attached hydrogens (primary N) is 1. The molecule has 0 saturated carbocycles. The van der Waals surface area contributed by atoms with Crippen LogP contribution >= 0.6 is 11.6 Å². The Bertz CT molecular complexity index is 494. The molecule has 16 heavy (non-hydrogen) atoms. The summed E-state index contributed by atoms with van der Waals surface area (Å²) in [6.07, 6.45) is 1.81. The van der Waals surface area contributed by atoms with Crippen LogP contribution in [0, 0.1) is 0 Å². The fourth-order valence-corrected chi connectivity index (χ4v) is 1.93. The van der Waals surface area contributed by atoms with Gasteiger partial charge in [0, 0.05) is 11.4 Å². The number of pyridine rings is 1. The Morgan fingerprint density at radius 3 is 2.88 bits per heavy atom. The Labute approximate surface area is 100 Å². The summed E-state index contributed by atoms with van der Waals surface area (Å²) in [6.45, 7) is 2.00.